The smallest absolute Gasteiger partial charge is 0.0745 e. The average molecular weight is 295 g/mol. The average Bonchev–Trinajstić information content (AvgIpc) is 2.95. The van der Waals surface area contributed by atoms with Gasteiger partial charge in [-0.05, 0) is 55.7 Å². The van der Waals surface area contributed by atoms with Crippen molar-refractivity contribution in [2.45, 2.75) is 56.1 Å². The Morgan fingerprint density at radius 3 is 2.82 bits per heavy atom. The molecule has 1 aromatic carbocycles. The van der Waals surface area contributed by atoms with E-state index in [-0.39, 0.29) is 0 Å². The Labute approximate surface area is 112 Å². The molecule has 0 aromatic heterocycles. The lowest BCUT2D eigenvalue weighted by atomic mass is 10.0. The SMILES string of the molecule is CC1CCC(C(Br)c2ccc3c(c2)CCC3)O1. The second-order valence-electron chi connectivity index (χ2n) is 5.35. The van der Waals surface area contributed by atoms with Gasteiger partial charge in [0, 0.05) is 0 Å². The standard InChI is InChI=1S/C15H19BrO/c1-10-5-8-14(17-10)15(16)13-7-6-11-3-2-4-12(11)9-13/h6-7,9-10,14-15H,2-5,8H2,1H3. The van der Waals surface area contributed by atoms with E-state index in [2.05, 4.69) is 41.1 Å². The third-order valence-corrected chi connectivity index (χ3v) is 5.15. The Balaban J connectivity index is 1.79. The molecule has 0 saturated carbocycles. The summed E-state index contributed by atoms with van der Waals surface area (Å²) in [5.41, 5.74) is 4.50. The summed E-state index contributed by atoms with van der Waals surface area (Å²) in [6.07, 6.45) is 6.98. The fourth-order valence-electron chi connectivity index (χ4n) is 3.03. The van der Waals surface area contributed by atoms with Crippen LogP contribution in [0.15, 0.2) is 18.2 Å². The van der Waals surface area contributed by atoms with Gasteiger partial charge in [-0.2, -0.15) is 0 Å². The molecule has 92 valence electrons. The number of hydrogen-bond acceptors (Lipinski definition) is 1. The monoisotopic (exact) mass is 294 g/mol. The first-order valence-electron chi connectivity index (χ1n) is 6.65. The molecular weight excluding hydrogens is 276 g/mol. The van der Waals surface area contributed by atoms with Crippen molar-refractivity contribution in [1.82, 2.24) is 0 Å². The van der Waals surface area contributed by atoms with Crippen molar-refractivity contribution in [3.63, 3.8) is 0 Å². The highest BCUT2D eigenvalue weighted by atomic mass is 79.9. The molecule has 0 N–H and O–H groups in total. The minimum Gasteiger partial charge on any atom is -0.374 e. The van der Waals surface area contributed by atoms with E-state index < -0.39 is 0 Å². The van der Waals surface area contributed by atoms with Gasteiger partial charge in [0.2, 0.25) is 0 Å². The molecule has 3 rings (SSSR count). The second-order valence-corrected chi connectivity index (χ2v) is 6.33. The third-order valence-electron chi connectivity index (χ3n) is 4.03. The van der Waals surface area contributed by atoms with Gasteiger partial charge >= 0.3 is 0 Å². The maximum atomic E-state index is 5.95. The molecule has 2 heteroatoms. The van der Waals surface area contributed by atoms with Crippen LogP contribution in [0.4, 0.5) is 0 Å². The number of benzene rings is 1. The summed E-state index contributed by atoms with van der Waals surface area (Å²) in [5.74, 6) is 0. The number of ether oxygens (including phenoxy) is 1. The van der Waals surface area contributed by atoms with Gasteiger partial charge in [-0.25, -0.2) is 0 Å². The number of alkyl halides is 1. The highest BCUT2D eigenvalue weighted by Gasteiger charge is 2.29. The van der Waals surface area contributed by atoms with Crippen LogP contribution in [-0.4, -0.2) is 12.2 Å². The Morgan fingerprint density at radius 1 is 1.24 bits per heavy atom. The second kappa shape index (κ2) is 4.74. The third kappa shape index (κ3) is 2.30. The van der Waals surface area contributed by atoms with Gasteiger partial charge in [0.1, 0.15) is 0 Å². The minimum absolute atomic E-state index is 0.351. The number of aryl methyl sites for hydroxylation is 2. The van der Waals surface area contributed by atoms with E-state index in [4.69, 9.17) is 4.74 Å². The lowest BCUT2D eigenvalue weighted by Gasteiger charge is -2.19. The van der Waals surface area contributed by atoms with Gasteiger partial charge in [-0.1, -0.05) is 34.1 Å². The van der Waals surface area contributed by atoms with Gasteiger partial charge in [0.25, 0.3) is 0 Å². The zero-order valence-corrected chi connectivity index (χ0v) is 11.9. The molecule has 0 bridgehead atoms. The first-order valence-corrected chi connectivity index (χ1v) is 7.57. The van der Waals surface area contributed by atoms with Crippen molar-refractivity contribution in [2.24, 2.45) is 0 Å². The topological polar surface area (TPSA) is 9.23 Å². The summed E-state index contributed by atoms with van der Waals surface area (Å²) >= 11 is 3.82. The van der Waals surface area contributed by atoms with Gasteiger partial charge < -0.3 is 4.74 Å². The van der Waals surface area contributed by atoms with Crippen LogP contribution in [-0.2, 0) is 17.6 Å². The first-order chi connectivity index (χ1) is 8.24. The van der Waals surface area contributed by atoms with E-state index in [1.54, 1.807) is 11.1 Å². The molecule has 0 amide bonds. The molecule has 1 fully saturated rings. The molecular formula is C15H19BrO. The van der Waals surface area contributed by atoms with Crippen molar-refractivity contribution < 1.29 is 4.74 Å². The lowest BCUT2D eigenvalue weighted by molar-refractivity contribution is 0.0557. The molecule has 2 aliphatic rings. The summed E-state index contributed by atoms with van der Waals surface area (Å²) < 4.78 is 5.95. The van der Waals surface area contributed by atoms with Crippen molar-refractivity contribution in [3.05, 3.63) is 34.9 Å². The van der Waals surface area contributed by atoms with E-state index in [1.165, 1.54) is 37.7 Å². The van der Waals surface area contributed by atoms with Gasteiger partial charge in [0.05, 0.1) is 17.0 Å². The van der Waals surface area contributed by atoms with E-state index >= 15 is 0 Å². The fraction of sp³-hybridized carbons (Fsp3) is 0.600. The molecule has 1 nitrogen and oxygen atoms in total. The molecule has 3 atom stereocenters. The minimum atomic E-state index is 0.351. The summed E-state index contributed by atoms with van der Waals surface area (Å²) in [4.78, 5) is 0.360. The molecule has 0 radical (unpaired) electrons. The largest absolute Gasteiger partial charge is 0.374 e. The Hall–Kier alpha value is -0.340. The van der Waals surface area contributed by atoms with Crippen LogP contribution in [0.1, 0.15) is 47.7 Å². The zero-order chi connectivity index (χ0) is 11.8. The van der Waals surface area contributed by atoms with Crippen LogP contribution >= 0.6 is 15.9 Å². The van der Waals surface area contributed by atoms with Crippen LogP contribution in [0.25, 0.3) is 0 Å². The molecule has 1 aromatic rings. The normalized spacial score (nSPS) is 29.3. The highest BCUT2D eigenvalue weighted by molar-refractivity contribution is 9.09. The van der Waals surface area contributed by atoms with Crippen LogP contribution < -0.4 is 0 Å². The Morgan fingerprint density at radius 2 is 2.06 bits per heavy atom. The number of fused-ring (bicyclic) bond motifs is 1. The molecule has 1 aliphatic heterocycles. The van der Waals surface area contributed by atoms with Gasteiger partial charge in [-0.3, -0.25) is 0 Å². The van der Waals surface area contributed by atoms with Crippen molar-refractivity contribution in [1.29, 1.82) is 0 Å². The van der Waals surface area contributed by atoms with Crippen molar-refractivity contribution in [2.75, 3.05) is 0 Å². The predicted octanol–water partition coefficient (Wildman–Crippen LogP) is 4.18. The Bertz CT molecular complexity index is 415. The number of hydrogen-bond donors (Lipinski definition) is 0. The van der Waals surface area contributed by atoms with E-state index in [0.29, 0.717) is 17.0 Å². The maximum Gasteiger partial charge on any atom is 0.0745 e. The molecule has 3 unspecified atom stereocenters. The van der Waals surface area contributed by atoms with Crippen LogP contribution in [0.5, 0.6) is 0 Å². The van der Waals surface area contributed by atoms with Crippen molar-refractivity contribution >= 4 is 15.9 Å². The molecule has 0 spiro atoms. The quantitative estimate of drug-likeness (QED) is 0.744. The van der Waals surface area contributed by atoms with Crippen molar-refractivity contribution in [3.8, 4) is 0 Å². The van der Waals surface area contributed by atoms with Crippen LogP contribution in [0.2, 0.25) is 0 Å². The summed E-state index contributed by atoms with van der Waals surface area (Å²) in [7, 11) is 0. The number of rotatable bonds is 2. The summed E-state index contributed by atoms with van der Waals surface area (Å²) in [6.45, 7) is 2.17. The van der Waals surface area contributed by atoms with E-state index in [0.717, 1.165) is 0 Å². The molecule has 1 saturated heterocycles. The molecule has 17 heavy (non-hydrogen) atoms. The first kappa shape index (κ1) is 11.7. The summed E-state index contributed by atoms with van der Waals surface area (Å²) in [6, 6.07) is 6.97. The van der Waals surface area contributed by atoms with Gasteiger partial charge in [-0.15, -0.1) is 0 Å². The summed E-state index contributed by atoms with van der Waals surface area (Å²) in [5, 5.41) is 0. The van der Waals surface area contributed by atoms with E-state index in [9.17, 15) is 0 Å². The van der Waals surface area contributed by atoms with Crippen LogP contribution in [0.3, 0.4) is 0 Å². The van der Waals surface area contributed by atoms with Gasteiger partial charge in [0.15, 0.2) is 0 Å². The Kier molecular flexibility index (Phi) is 3.27. The fourth-order valence-corrected chi connectivity index (χ4v) is 3.70. The molecule has 1 heterocycles. The predicted molar refractivity (Wildman–Crippen MR) is 73.7 cm³/mol. The number of halogens is 1. The zero-order valence-electron chi connectivity index (χ0n) is 10.3. The van der Waals surface area contributed by atoms with Crippen LogP contribution in [0, 0.1) is 0 Å². The highest BCUT2D eigenvalue weighted by Crippen LogP contribution is 2.37. The maximum absolute atomic E-state index is 5.95. The lowest BCUT2D eigenvalue weighted by Crippen LogP contribution is -2.14. The van der Waals surface area contributed by atoms with E-state index in [1.807, 2.05) is 0 Å². The molecule has 1 aliphatic carbocycles.